The second-order valence-electron chi connectivity index (χ2n) is 5.80. The van der Waals surface area contributed by atoms with Crippen LogP contribution in [0.5, 0.6) is 0 Å². The summed E-state index contributed by atoms with van der Waals surface area (Å²) in [6.45, 7) is 7.72. The van der Waals surface area contributed by atoms with E-state index in [9.17, 15) is 5.11 Å². The lowest BCUT2D eigenvalue weighted by atomic mass is 9.87. The molecule has 1 aromatic rings. The second kappa shape index (κ2) is 6.04. The highest BCUT2D eigenvalue weighted by Gasteiger charge is 2.32. The van der Waals surface area contributed by atoms with Gasteiger partial charge in [0.15, 0.2) is 0 Å². The Kier molecular flexibility index (Phi) is 4.86. The molecular weight excluding hydrogens is 310 g/mol. The molecule has 0 amide bonds. The van der Waals surface area contributed by atoms with Gasteiger partial charge in [0.05, 0.1) is 9.39 Å². The Morgan fingerprint density at radius 3 is 2.56 bits per heavy atom. The van der Waals surface area contributed by atoms with Crippen molar-refractivity contribution in [3.63, 3.8) is 0 Å². The van der Waals surface area contributed by atoms with E-state index in [2.05, 4.69) is 46.8 Å². The SMILES string of the molecule is CC(C)CN1CCC(O)(Cc2ccc(Br)s2)CC1. The van der Waals surface area contributed by atoms with Crippen molar-refractivity contribution < 1.29 is 5.11 Å². The van der Waals surface area contributed by atoms with Crippen molar-refractivity contribution in [3.8, 4) is 0 Å². The van der Waals surface area contributed by atoms with E-state index in [1.807, 2.05) is 0 Å². The van der Waals surface area contributed by atoms with Gasteiger partial charge in [0, 0.05) is 30.9 Å². The zero-order valence-electron chi connectivity index (χ0n) is 11.2. The Morgan fingerprint density at radius 2 is 2.06 bits per heavy atom. The third-order valence-corrected chi connectivity index (χ3v) is 5.17. The quantitative estimate of drug-likeness (QED) is 0.912. The van der Waals surface area contributed by atoms with E-state index in [0.717, 1.165) is 42.7 Å². The lowest BCUT2D eigenvalue weighted by molar-refractivity contribution is -0.0221. The minimum atomic E-state index is -0.488. The van der Waals surface area contributed by atoms with Crippen LogP contribution in [0.3, 0.4) is 0 Å². The Bertz CT molecular complexity index is 383. The van der Waals surface area contributed by atoms with Crippen LogP contribution in [0.2, 0.25) is 0 Å². The first kappa shape index (κ1) is 14.5. The minimum Gasteiger partial charge on any atom is -0.389 e. The number of nitrogens with zero attached hydrogens (tertiary/aromatic N) is 1. The molecule has 0 aliphatic carbocycles. The van der Waals surface area contributed by atoms with E-state index in [1.165, 1.54) is 4.88 Å². The first-order valence-corrected chi connectivity index (χ1v) is 8.27. The summed E-state index contributed by atoms with van der Waals surface area (Å²) in [5, 5.41) is 10.7. The van der Waals surface area contributed by atoms with Crippen LogP contribution < -0.4 is 0 Å². The summed E-state index contributed by atoms with van der Waals surface area (Å²) >= 11 is 5.21. The molecule has 0 atom stereocenters. The first-order valence-electron chi connectivity index (χ1n) is 6.66. The number of piperidine rings is 1. The molecule has 0 unspecified atom stereocenters. The molecule has 0 saturated carbocycles. The van der Waals surface area contributed by atoms with Crippen LogP contribution in [-0.4, -0.2) is 35.2 Å². The van der Waals surface area contributed by atoms with E-state index in [0.29, 0.717) is 5.92 Å². The predicted molar refractivity (Wildman–Crippen MR) is 81.2 cm³/mol. The number of halogens is 1. The molecule has 1 N–H and O–H groups in total. The molecule has 1 aliphatic rings. The molecule has 2 nitrogen and oxygen atoms in total. The Balaban J connectivity index is 1.87. The van der Waals surface area contributed by atoms with E-state index in [-0.39, 0.29) is 0 Å². The Labute approximate surface area is 122 Å². The molecule has 102 valence electrons. The van der Waals surface area contributed by atoms with Gasteiger partial charge in [-0.3, -0.25) is 0 Å². The molecule has 0 radical (unpaired) electrons. The smallest absolute Gasteiger partial charge is 0.0720 e. The predicted octanol–water partition coefficient (Wildman–Crippen LogP) is 3.54. The maximum absolute atomic E-state index is 10.7. The van der Waals surface area contributed by atoms with Crippen molar-refractivity contribution in [3.05, 3.63) is 20.8 Å². The van der Waals surface area contributed by atoms with Gasteiger partial charge in [-0.1, -0.05) is 13.8 Å². The minimum absolute atomic E-state index is 0.488. The summed E-state index contributed by atoms with van der Waals surface area (Å²) < 4.78 is 1.15. The lowest BCUT2D eigenvalue weighted by Crippen LogP contribution is -2.46. The molecule has 0 spiro atoms. The van der Waals surface area contributed by atoms with Gasteiger partial charge in [-0.25, -0.2) is 0 Å². The number of likely N-dealkylation sites (tertiary alicyclic amines) is 1. The van der Waals surface area contributed by atoms with E-state index in [4.69, 9.17) is 0 Å². The number of rotatable bonds is 4. The van der Waals surface area contributed by atoms with Crippen LogP contribution in [0, 0.1) is 5.92 Å². The number of hydrogen-bond acceptors (Lipinski definition) is 3. The van der Waals surface area contributed by atoms with Crippen molar-refractivity contribution >= 4 is 27.3 Å². The highest BCUT2D eigenvalue weighted by molar-refractivity contribution is 9.11. The molecular formula is C14H22BrNOS. The van der Waals surface area contributed by atoms with Crippen molar-refractivity contribution in [2.75, 3.05) is 19.6 Å². The summed E-state index contributed by atoms with van der Waals surface area (Å²) in [7, 11) is 0. The number of hydrogen-bond donors (Lipinski definition) is 1. The van der Waals surface area contributed by atoms with E-state index in [1.54, 1.807) is 11.3 Å². The molecule has 2 heterocycles. The summed E-state index contributed by atoms with van der Waals surface area (Å²) in [4.78, 5) is 3.76. The Morgan fingerprint density at radius 1 is 1.39 bits per heavy atom. The van der Waals surface area contributed by atoms with Crippen LogP contribution in [0.4, 0.5) is 0 Å². The molecule has 0 bridgehead atoms. The highest BCUT2D eigenvalue weighted by Crippen LogP contribution is 2.31. The molecule has 2 rings (SSSR count). The summed E-state index contributed by atoms with van der Waals surface area (Å²) in [5.41, 5.74) is -0.488. The van der Waals surface area contributed by atoms with Gasteiger partial charge >= 0.3 is 0 Å². The number of thiophene rings is 1. The van der Waals surface area contributed by atoms with Crippen LogP contribution in [-0.2, 0) is 6.42 Å². The fourth-order valence-electron chi connectivity index (χ4n) is 2.62. The van der Waals surface area contributed by atoms with Crippen LogP contribution >= 0.6 is 27.3 Å². The fourth-order valence-corrected chi connectivity index (χ4v) is 4.24. The van der Waals surface area contributed by atoms with Crippen LogP contribution in [0.1, 0.15) is 31.6 Å². The molecule has 1 saturated heterocycles. The second-order valence-corrected chi connectivity index (χ2v) is 8.35. The maximum atomic E-state index is 10.7. The van der Waals surface area contributed by atoms with Crippen molar-refractivity contribution in [1.82, 2.24) is 4.90 Å². The molecule has 1 aliphatic heterocycles. The lowest BCUT2D eigenvalue weighted by Gasteiger charge is -2.38. The first-order chi connectivity index (χ1) is 8.47. The molecule has 1 fully saturated rings. The highest BCUT2D eigenvalue weighted by atomic mass is 79.9. The Hall–Kier alpha value is 0.1000. The third-order valence-electron chi connectivity index (χ3n) is 3.54. The van der Waals surface area contributed by atoms with Crippen LogP contribution in [0.25, 0.3) is 0 Å². The van der Waals surface area contributed by atoms with Crippen molar-refractivity contribution in [2.45, 2.75) is 38.7 Å². The van der Waals surface area contributed by atoms with Gasteiger partial charge in [0.1, 0.15) is 0 Å². The van der Waals surface area contributed by atoms with Crippen molar-refractivity contribution in [1.29, 1.82) is 0 Å². The van der Waals surface area contributed by atoms with Gasteiger partial charge in [-0.2, -0.15) is 0 Å². The molecule has 4 heteroatoms. The van der Waals surface area contributed by atoms with Crippen molar-refractivity contribution in [2.24, 2.45) is 5.92 Å². The van der Waals surface area contributed by atoms with E-state index < -0.39 is 5.60 Å². The average molecular weight is 332 g/mol. The zero-order valence-corrected chi connectivity index (χ0v) is 13.6. The molecule has 0 aromatic carbocycles. The van der Waals surface area contributed by atoms with Gasteiger partial charge in [-0.15, -0.1) is 11.3 Å². The normalized spacial score (nSPS) is 20.5. The maximum Gasteiger partial charge on any atom is 0.0720 e. The summed E-state index contributed by atoms with van der Waals surface area (Å²) in [5.74, 6) is 0.712. The fraction of sp³-hybridized carbons (Fsp3) is 0.714. The molecule has 18 heavy (non-hydrogen) atoms. The summed E-state index contributed by atoms with van der Waals surface area (Å²) in [6.07, 6.45) is 2.60. The molecule has 1 aromatic heterocycles. The van der Waals surface area contributed by atoms with Gasteiger partial charge in [0.25, 0.3) is 0 Å². The zero-order chi connectivity index (χ0) is 13.2. The standard InChI is InChI=1S/C14H22BrNOS/c1-11(2)10-16-7-5-14(17,6-8-16)9-12-3-4-13(15)18-12/h3-4,11,17H,5-10H2,1-2H3. The largest absolute Gasteiger partial charge is 0.389 e. The van der Waals surface area contributed by atoms with Crippen LogP contribution in [0.15, 0.2) is 15.9 Å². The summed E-state index contributed by atoms with van der Waals surface area (Å²) in [6, 6.07) is 4.18. The average Bonchev–Trinajstić information content (AvgIpc) is 2.67. The van der Waals surface area contributed by atoms with Gasteiger partial charge < -0.3 is 10.0 Å². The monoisotopic (exact) mass is 331 g/mol. The van der Waals surface area contributed by atoms with E-state index >= 15 is 0 Å². The number of aliphatic hydroxyl groups is 1. The third kappa shape index (κ3) is 4.05. The van der Waals surface area contributed by atoms with Gasteiger partial charge in [-0.05, 0) is 46.8 Å². The van der Waals surface area contributed by atoms with Gasteiger partial charge in [0.2, 0.25) is 0 Å². The topological polar surface area (TPSA) is 23.5 Å².